The number of fused-ring (bicyclic) bond motifs is 3. The molecule has 7 aromatic carbocycles. The highest BCUT2D eigenvalue weighted by molar-refractivity contribution is 5.91. The first-order valence-corrected chi connectivity index (χ1v) is 37.5. The Kier molecular flexibility index (Phi) is 38.6. The molecule has 0 fully saturated rings. The van der Waals surface area contributed by atoms with Crippen molar-refractivity contribution < 1.29 is 57.3 Å². The number of hydrogen-bond donors (Lipinski definition) is 1. The molecule has 0 aliphatic heterocycles. The highest BCUT2D eigenvalue weighted by Gasteiger charge is 2.22. The number of aliphatic hydroxyl groups is 1. The number of ether oxygens (including phenoxy) is 10. The zero-order chi connectivity index (χ0) is 67.1. The molecule has 0 unspecified atom stereocenters. The minimum Gasteiger partial charge on any atom is -0.494 e. The summed E-state index contributed by atoms with van der Waals surface area (Å²) in [4.78, 5) is 14.1. The molecule has 0 radical (unpaired) electrons. The topological polar surface area (TPSA) is 130 Å². The van der Waals surface area contributed by atoms with Crippen LogP contribution in [-0.4, -0.2) is 83.8 Å². The van der Waals surface area contributed by atoms with Crippen LogP contribution in [0.2, 0.25) is 0 Å². The van der Waals surface area contributed by atoms with Crippen molar-refractivity contribution in [2.75, 3.05) is 72.7 Å². The van der Waals surface area contributed by atoms with Crippen LogP contribution in [0.15, 0.2) is 121 Å². The summed E-state index contributed by atoms with van der Waals surface area (Å²) in [6.07, 6.45) is 38.6. The number of unbranched alkanes of at least 4 members (excludes halogenated alkanes) is 27. The van der Waals surface area contributed by atoms with Gasteiger partial charge in [0.15, 0.2) is 11.5 Å². The maximum Gasteiger partial charge on any atom is 0.338 e. The second kappa shape index (κ2) is 48.2. The molecule has 526 valence electrons. The van der Waals surface area contributed by atoms with Gasteiger partial charge in [-0.15, -0.1) is 0 Å². The zero-order valence-corrected chi connectivity index (χ0v) is 59.1. The maximum atomic E-state index is 14.1. The minimum absolute atomic E-state index is 0.0182. The summed E-state index contributed by atoms with van der Waals surface area (Å²) < 4.78 is 61.5. The Morgan fingerprint density at radius 1 is 0.292 bits per heavy atom. The molecule has 1 N–H and O–H groups in total. The lowest BCUT2D eigenvalue weighted by Crippen LogP contribution is -2.15. The Bertz CT molecular complexity index is 3080. The molecule has 0 saturated heterocycles. The third-order valence-electron chi connectivity index (χ3n) is 17.8. The zero-order valence-electron chi connectivity index (χ0n) is 59.1. The van der Waals surface area contributed by atoms with Gasteiger partial charge in [-0.1, -0.05) is 249 Å². The van der Waals surface area contributed by atoms with Gasteiger partial charge in [-0.05, 0) is 135 Å². The molecular formula is C84H118O12. The van der Waals surface area contributed by atoms with E-state index in [1.165, 1.54) is 173 Å². The van der Waals surface area contributed by atoms with E-state index < -0.39 is 5.97 Å². The smallest absolute Gasteiger partial charge is 0.338 e. The van der Waals surface area contributed by atoms with Crippen molar-refractivity contribution >= 4 is 38.3 Å². The molecule has 0 saturated carbocycles. The Balaban J connectivity index is 1.05. The predicted octanol–water partition coefficient (Wildman–Crippen LogP) is 22.0. The summed E-state index contributed by atoms with van der Waals surface area (Å²) in [7, 11) is 0. The van der Waals surface area contributed by atoms with E-state index in [0.29, 0.717) is 63.5 Å². The molecule has 0 atom stereocenters. The van der Waals surface area contributed by atoms with E-state index in [1.54, 1.807) is 12.1 Å². The Morgan fingerprint density at radius 3 is 0.927 bits per heavy atom. The fourth-order valence-electron chi connectivity index (χ4n) is 12.1. The van der Waals surface area contributed by atoms with Crippen molar-refractivity contribution in [2.45, 2.75) is 233 Å². The third-order valence-corrected chi connectivity index (χ3v) is 17.8. The summed E-state index contributed by atoms with van der Waals surface area (Å²) >= 11 is 0. The molecular weight excluding hydrogens is 1200 g/mol. The van der Waals surface area contributed by atoms with Gasteiger partial charge in [-0.3, -0.25) is 0 Å². The maximum absolute atomic E-state index is 14.1. The molecule has 0 spiro atoms. The average Bonchev–Trinajstić information content (AvgIpc) is 1.15. The number of rotatable bonds is 57. The SMILES string of the molecule is CCCCCCCCCCCCOc1ccc2cc(COc3cc(C(=O)OCCOCCOCCOCCO)cc(OCc4ccc5cc(OCCCCCCCCCCCC)ccc5c4)c3OCc3ccc4cc(OCCCCCCCCCCCC)ccc4c3)ccc2c1. The summed E-state index contributed by atoms with van der Waals surface area (Å²) in [6.45, 7) is 11.4. The molecule has 0 aromatic heterocycles. The van der Waals surface area contributed by atoms with Crippen molar-refractivity contribution in [3.05, 3.63) is 144 Å². The number of esters is 1. The predicted molar refractivity (Wildman–Crippen MR) is 393 cm³/mol. The van der Waals surface area contributed by atoms with E-state index in [1.807, 2.05) is 12.1 Å². The highest BCUT2D eigenvalue weighted by Crippen LogP contribution is 2.41. The van der Waals surface area contributed by atoms with Crippen LogP contribution in [0.3, 0.4) is 0 Å². The van der Waals surface area contributed by atoms with E-state index in [9.17, 15) is 4.79 Å². The van der Waals surface area contributed by atoms with Crippen LogP contribution >= 0.6 is 0 Å². The molecule has 0 aliphatic carbocycles. The fourth-order valence-corrected chi connectivity index (χ4v) is 12.1. The van der Waals surface area contributed by atoms with Gasteiger partial charge in [-0.25, -0.2) is 4.79 Å². The normalized spacial score (nSPS) is 11.5. The molecule has 0 heterocycles. The summed E-state index contributed by atoms with van der Waals surface area (Å²) in [5, 5.41) is 15.4. The average molecular weight is 1320 g/mol. The fraction of sp³-hybridized carbons (Fsp3) is 0.560. The van der Waals surface area contributed by atoms with E-state index in [2.05, 4.69) is 118 Å². The van der Waals surface area contributed by atoms with Gasteiger partial charge in [-0.2, -0.15) is 0 Å². The van der Waals surface area contributed by atoms with Gasteiger partial charge in [0.25, 0.3) is 0 Å². The first kappa shape index (κ1) is 76.8. The number of hydrogen-bond acceptors (Lipinski definition) is 12. The van der Waals surface area contributed by atoms with Crippen LogP contribution in [0, 0.1) is 0 Å². The van der Waals surface area contributed by atoms with Gasteiger partial charge in [0.1, 0.15) is 43.7 Å². The molecule has 96 heavy (non-hydrogen) atoms. The summed E-state index contributed by atoms with van der Waals surface area (Å²) in [5.74, 6) is 3.08. The number of carbonyl (C=O) groups is 1. The standard InChI is InChI=1S/C84H118O12/c1-4-7-10-13-16-19-22-25-28-31-47-90-78-43-40-71-57-68(34-37-74(71)60-78)65-94-81-63-77(84(86)93-56-55-89-54-53-88-52-51-87-50-46-85)64-82(95-66-69-35-38-75-61-79(44-41-72(75)58-69)91-48-32-29-26-23-20-17-14-11-8-5-2)83(81)96-67-70-36-39-76-62-80(45-42-73(76)59-70)92-49-33-30-27-24-21-18-15-12-9-6-3/h34-45,57-64,85H,4-33,46-56,65-67H2,1-3H3. The largest absolute Gasteiger partial charge is 0.494 e. The van der Waals surface area contributed by atoms with E-state index in [4.69, 9.17) is 52.5 Å². The van der Waals surface area contributed by atoms with Gasteiger partial charge in [0.2, 0.25) is 5.75 Å². The van der Waals surface area contributed by atoms with Crippen LogP contribution in [0.25, 0.3) is 32.3 Å². The van der Waals surface area contributed by atoms with Crippen LogP contribution in [0.4, 0.5) is 0 Å². The summed E-state index contributed by atoms with van der Waals surface area (Å²) in [5.41, 5.74) is 3.06. The second-order valence-corrected chi connectivity index (χ2v) is 26.0. The first-order valence-electron chi connectivity index (χ1n) is 37.5. The highest BCUT2D eigenvalue weighted by atomic mass is 16.6. The Hall–Kier alpha value is -6.57. The van der Waals surface area contributed by atoms with Crippen molar-refractivity contribution in [3.63, 3.8) is 0 Å². The monoisotopic (exact) mass is 1320 g/mol. The van der Waals surface area contributed by atoms with Crippen LogP contribution in [-0.2, 0) is 38.8 Å². The quantitative estimate of drug-likeness (QED) is 0.0288. The van der Waals surface area contributed by atoms with Crippen LogP contribution in [0.5, 0.6) is 34.5 Å². The first-order chi connectivity index (χ1) is 47.4. The van der Waals surface area contributed by atoms with Crippen molar-refractivity contribution in [1.82, 2.24) is 0 Å². The molecule has 12 nitrogen and oxygen atoms in total. The van der Waals surface area contributed by atoms with E-state index in [0.717, 1.165) is 85.5 Å². The number of benzene rings is 7. The molecule has 0 aliphatic rings. The van der Waals surface area contributed by atoms with E-state index in [-0.39, 0.29) is 51.8 Å². The van der Waals surface area contributed by atoms with Crippen LogP contribution < -0.4 is 28.4 Å². The second-order valence-electron chi connectivity index (χ2n) is 26.0. The number of aliphatic hydroxyl groups excluding tert-OH is 1. The molecule has 7 aromatic rings. The lowest BCUT2D eigenvalue weighted by atomic mass is 10.1. The molecule has 12 heteroatoms. The number of carbonyl (C=O) groups excluding carboxylic acids is 1. The third kappa shape index (κ3) is 30.5. The van der Waals surface area contributed by atoms with Gasteiger partial charge in [0.05, 0.1) is 71.6 Å². The van der Waals surface area contributed by atoms with Gasteiger partial charge >= 0.3 is 5.97 Å². The molecule has 0 amide bonds. The Labute approximate surface area is 576 Å². The molecule has 7 rings (SSSR count). The van der Waals surface area contributed by atoms with Gasteiger partial charge < -0.3 is 52.5 Å². The lowest BCUT2D eigenvalue weighted by molar-refractivity contribution is -0.00315. The summed E-state index contributed by atoms with van der Waals surface area (Å²) in [6, 6.07) is 41.1. The van der Waals surface area contributed by atoms with Crippen molar-refractivity contribution in [3.8, 4) is 34.5 Å². The van der Waals surface area contributed by atoms with Crippen molar-refractivity contribution in [2.24, 2.45) is 0 Å². The van der Waals surface area contributed by atoms with Crippen LogP contribution in [0.1, 0.15) is 240 Å². The Morgan fingerprint density at radius 2 is 0.583 bits per heavy atom. The lowest BCUT2D eigenvalue weighted by Gasteiger charge is -2.19. The minimum atomic E-state index is -0.563. The molecule has 0 bridgehead atoms. The van der Waals surface area contributed by atoms with Crippen molar-refractivity contribution in [1.29, 1.82) is 0 Å². The van der Waals surface area contributed by atoms with Gasteiger partial charge in [0, 0.05) is 0 Å². The van der Waals surface area contributed by atoms with E-state index >= 15 is 0 Å².